The molecular weight excluding hydrogens is 242 g/mol. The van der Waals surface area contributed by atoms with E-state index in [2.05, 4.69) is 39.8 Å². The Morgan fingerprint density at radius 3 is 2.74 bits per heavy atom. The molecule has 1 aromatic rings. The van der Waals surface area contributed by atoms with Crippen LogP contribution in [0.15, 0.2) is 6.33 Å². The molecule has 1 atom stereocenters. The van der Waals surface area contributed by atoms with Gasteiger partial charge in [-0.15, -0.1) is 0 Å². The van der Waals surface area contributed by atoms with Crippen molar-refractivity contribution in [2.45, 2.75) is 38.6 Å². The molecule has 0 bridgehead atoms. The van der Waals surface area contributed by atoms with E-state index in [-0.39, 0.29) is 11.9 Å². The fourth-order valence-electron chi connectivity index (χ4n) is 2.33. The third-order valence-electron chi connectivity index (χ3n) is 3.30. The molecule has 1 aliphatic rings. The van der Waals surface area contributed by atoms with Crippen molar-refractivity contribution in [3.05, 3.63) is 11.9 Å². The molecule has 1 fully saturated rings. The van der Waals surface area contributed by atoms with Gasteiger partial charge in [-0.2, -0.15) is 0 Å². The van der Waals surface area contributed by atoms with E-state index in [0.29, 0.717) is 18.9 Å². The fraction of sp³-hybridized carbons (Fsp3) is 0.615. The van der Waals surface area contributed by atoms with Crippen LogP contribution in [0.5, 0.6) is 0 Å². The van der Waals surface area contributed by atoms with Crippen molar-refractivity contribution >= 4 is 17.5 Å². The van der Waals surface area contributed by atoms with Crippen LogP contribution in [0.1, 0.15) is 38.2 Å². The molecule has 6 heteroatoms. The van der Waals surface area contributed by atoms with Crippen molar-refractivity contribution in [2.75, 3.05) is 24.2 Å². The van der Waals surface area contributed by atoms with Crippen molar-refractivity contribution in [1.29, 1.82) is 0 Å². The molecule has 0 saturated carbocycles. The predicted octanol–water partition coefficient (Wildman–Crippen LogP) is 1.33. The smallest absolute Gasteiger partial charge is 0.220 e. The minimum absolute atomic E-state index is 0.134. The number of anilines is 2. The highest BCUT2D eigenvalue weighted by atomic mass is 16.1. The summed E-state index contributed by atoms with van der Waals surface area (Å²) in [5, 5.41) is 9.36. The lowest BCUT2D eigenvalue weighted by molar-refractivity contribution is -0.119. The molecule has 19 heavy (non-hydrogen) atoms. The lowest BCUT2D eigenvalue weighted by Gasteiger charge is -2.18. The van der Waals surface area contributed by atoms with Crippen LogP contribution >= 0.6 is 0 Å². The number of hydrogen-bond donors (Lipinski definition) is 3. The van der Waals surface area contributed by atoms with E-state index in [0.717, 1.165) is 23.6 Å². The van der Waals surface area contributed by atoms with Crippen molar-refractivity contribution in [3.8, 4) is 0 Å². The molecular formula is C13H21N5O. The van der Waals surface area contributed by atoms with Crippen molar-refractivity contribution < 1.29 is 4.79 Å². The Balaban J connectivity index is 2.09. The van der Waals surface area contributed by atoms with Gasteiger partial charge < -0.3 is 16.0 Å². The summed E-state index contributed by atoms with van der Waals surface area (Å²) in [5.74, 6) is 2.15. The average molecular weight is 263 g/mol. The Labute approximate surface area is 113 Å². The van der Waals surface area contributed by atoms with E-state index in [4.69, 9.17) is 0 Å². The van der Waals surface area contributed by atoms with E-state index in [1.54, 1.807) is 6.33 Å². The Morgan fingerprint density at radius 2 is 2.16 bits per heavy atom. The number of aromatic nitrogens is 2. The summed E-state index contributed by atoms with van der Waals surface area (Å²) in [7, 11) is 1.86. The van der Waals surface area contributed by atoms with Gasteiger partial charge in [-0.1, -0.05) is 13.8 Å². The number of amides is 1. The first kappa shape index (κ1) is 13.6. The summed E-state index contributed by atoms with van der Waals surface area (Å²) < 4.78 is 0. The van der Waals surface area contributed by atoms with Crippen LogP contribution in [0, 0.1) is 0 Å². The average Bonchev–Trinajstić information content (AvgIpc) is 2.81. The normalized spacial score (nSPS) is 18.5. The van der Waals surface area contributed by atoms with Crippen LogP contribution < -0.4 is 16.0 Å². The number of carbonyl (C=O) groups excluding carboxylic acids is 1. The zero-order valence-corrected chi connectivity index (χ0v) is 11.7. The minimum Gasteiger partial charge on any atom is -0.373 e. The molecule has 2 heterocycles. The van der Waals surface area contributed by atoms with Gasteiger partial charge in [0.25, 0.3) is 0 Å². The Morgan fingerprint density at radius 1 is 1.42 bits per heavy atom. The molecule has 2 rings (SSSR count). The molecule has 0 aliphatic carbocycles. The monoisotopic (exact) mass is 263 g/mol. The second kappa shape index (κ2) is 5.86. The van der Waals surface area contributed by atoms with E-state index >= 15 is 0 Å². The van der Waals surface area contributed by atoms with Crippen LogP contribution in [-0.2, 0) is 4.79 Å². The Kier molecular flexibility index (Phi) is 4.19. The van der Waals surface area contributed by atoms with E-state index in [1.165, 1.54) is 0 Å². The molecule has 6 nitrogen and oxygen atoms in total. The molecule has 1 aromatic heterocycles. The maximum absolute atomic E-state index is 11.2. The van der Waals surface area contributed by atoms with Gasteiger partial charge in [-0.05, 0) is 12.3 Å². The molecule has 0 spiro atoms. The molecule has 3 N–H and O–H groups in total. The minimum atomic E-state index is 0.134. The van der Waals surface area contributed by atoms with Gasteiger partial charge in [0, 0.05) is 31.6 Å². The maximum Gasteiger partial charge on any atom is 0.220 e. The second-order valence-electron chi connectivity index (χ2n) is 5.07. The highest BCUT2D eigenvalue weighted by Gasteiger charge is 2.21. The zero-order chi connectivity index (χ0) is 13.8. The van der Waals surface area contributed by atoms with Gasteiger partial charge >= 0.3 is 0 Å². The number of nitrogens with zero attached hydrogens (tertiary/aromatic N) is 2. The molecule has 104 valence electrons. The van der Waals surface area contributed by atoms with E-state index in [1.807, 2.05) is 7.05 Å². The van der Waals surface area contributed by atoms with Gasteiger partial charge in [-0.25, -0.2) is 9.97 Å². The summed E-state index contributed by atoms with van der Waals surface area (Å²) in [5.41, 5.74) is 1.08. The quantitative estimate of drug-likeness (QED) is 0.747. The largest absolute Gasteiger partial charge is 0.373 e. The third-order valence-corrected chi connectivity index (χ3v) is 3.30. The fourth-order valence-corrected chi connectivity index (χ4v) is 2.33. The lowest BCUT2D eigenvalue weighted by Crippen LogP contribution is -2.32. The van der Waals surface area contributed by atoms with Crippen LogP contribution in [-0.4, -0.2) is 35.5 Å². The lowest BCUT2D eigenvalue weighted by atomic mass is 10.0. The SMILES string of the molecule is CNc1ncnc(NCC2CCC(=O)N2)c1C(C)C. The summed E-state index contributed by atoms with van der Waals surface area (Å²) in [6.07, 6.45) is 3.05. The van der Waals surface area contributed by atoms with Crippen LogP contribution in [0.4, 0.5) is 11.6 Å². The first-order valence-corrected chi connectivity index (χ1v) is 6.67. The second-order valence-corrected chi connectivity index (χ2v) is 5.07. The molecule has 0 aromatic carbocycles. The highest BCUT2D eigenvalue weighted by Crippen LogP contribution is 2.28. The first-order chi connectivity index (χ1) is 9.11. The van der Waals surface area contributed by atoms with Crippen LogP contribution in [0.25, 0.3) is 0 Å². The van der Waals surface area contributed by atoms with Crippen LogP contribution in [0.2, 0.25) is 0 Å². The molecule has 1 unspecified atom stereocenters. The number of carbonyl (C=O) groups is 1. The Hall–Kier alpha value is -1.85. The highest BCUT2D eigenvalue weighted by molar-refractivity contribution is 5.78. The summed E-state index contributed by atoms with van der Waals surface area (Å²) in [6.45, 7) is 4.93. The van der Waals surface area contributed by atoms with Gasteiger partial charge in [-0.3, -0.25) is 4.79 Å². The van der Waals surface area contributed by atoms with Crippen molar-refractivity contribution in [2.24, 2.45) is 0 Å². The summed E-state index contributed by atoms with van der Waals surface area (Å²) >= 11 is 0. The maximum atomic E-state index is 11.2. The number of rotatable bonds is 5. The number of nitrogens with one attached hydrogen (secondary N) is 3. The van der Waals surface area contributed by atoms with E-state index in [9.17, 15) is 4.79 Å². The third kappa shape index (κ3) is 3.13. The molecule has 0 radical (unpaired) electrons. The summed E-state index contributed by atoms with van der Waals surface area (Å²) in [4.78, 5) is 19.7. The summed E-state index contributed by atoms with van der Waals surface area (Å²) in [6, 6.07) is 0.195. The van der Waals surface area contributed by atoms with Crippen LogP contribution in [0.3, 0.4) is 0 Å². The first-order valence-electron chi connectivity index (χ1n) is 6.67. The molecule has 1 amide bonds. The predicted molar refractivity (Wildman–Crippen MR) is 75.3 cm³/mol. The van der Waals surface area contributed by atoms with Gasteiger partial charge in [0.05, 0.1) is 0 Å². The standard InChI is InChI=1S/C13H21N5O/c1-8(2)11-12(14-3)16-7-17-13(11)15-6-9-4-5-10(19)18-9/h7-9H,4-6H2,1-3H3,(H,18,19)(H2,14,15,16,17). The van der Waals surface area contributed by atoms with Crippen molar-refractivity contribution in [3.63, 3.8) is 0 Å². The van der Waals surface area contributed by atoms with Crippen molar-refractivity contribution in [1.82, 2.24) is 15.3 Å². The molecule has 1 aliphatic heterocycles. The van der Waals surface area contributed by atoms with Gasteiger partial charge in [0.1, 0.15) is 18.0 Å². The topological polar surface area (TPSA) is 78.9 Å². The van der Waals surface area contributed by atoms with E-state index < -0.39 is 0 Å². The molecule has 1 saturated heterocycles. The van der Waals surface area contributed by atoms with Gasteiger partial charge in [0.15, 0.2) is 0 Å². The number of hydrogen-bond acceptors (Lipinski definition) is 5. The zero-order valence-electron chi connectivity index (χ0n) is 11.7. The Bertz CT molecular complexity index is 460. The van der Waals surface area contributed by atoms with Gasteiger partial charge in [0.2, 0.25) is 5.91 Å².